The summed E-state index contributed by atoms with van der Waals surface area (Å²) in [6, 6.07) is 10.8. The molecule has 1 aliphatic rings. The third-order valence-electron chi connectivity index (χ3n) is 4.79. The molecule has 2 amide bonds. The molecule has 1 aromatic heterocycles. The Morgan fingerprint density at radius 3 is 2.62 bits per heavy atom. The van der Waals surface area contributed by atoms with Gasteiger partial charge in [0, 0.05) is 61.0 Å². The lowest BCUT2D eigenvalue weighted by Gasteiger charge is -2.34. The quantitative estimate of drug-likeness (QED) is 0.748. The Morgan fingerprint density at radius 2 is 1.90 bits per heavy atom. The van der Waals surface area contributed by atoms with Crippen LogP contribution in [0.25, 0.3) is 10.4 Å². The fraction of sp³-hybridized carbons (Fsp3) is 0.429. The van der Waals surface area contributed by atoms with Crippen molar-refractivity contribution in [3.63, 3.8) is 0 Å². The first kappa shape index (κ1) is 21.3. The van der Waals surface area contributed by atoms with Crippen LogP contribution in [0.15, 0.2) is 36.4 Å². The normalized spacial score (nSPS) is 14.6. The standard InChI is InChI=1S/C21H26FN3O3S/c1-2-28-21(27)23-10-9-20(26)25-13-11-24(12-14-25)15-16-7-8-19(29-16)17-5-3-4-6-18(17)22/h3-8H,2,9-15H2,1H3,(H,23,27). The van der Waals surface area contributed by atoms with E-state index < -0.39 is 6.09 Å². The molecule has 0 unspecified atom stereocenters. The van der Waals surface area contributed by atoms with Gasteiger partial charge in [0.05, 0.1) is 6.61 Å². The van der Waals surface area contributed by atoms with Crippen molar-refractivity contribution in [3.8, 4) is 10.4 Å². The minimum atomic E-state index is -0.490. The molecule has 3 rings (SSSR count). The largest absolute Gasteiger partial charge is 0.450 e. The molecular weight excluding hydrogens is 393 g/mol. The maximum atomic E-state index is 14.0. The van der Waals surface area contributed by atoms with E-state index in [1.807, 2.05) is 23.1 Å². The van der Waals surface area contributed by atoms with E-state index in [1.165, 1.54) is 10.9 Å². The van der Waals surface area contributed by atoms with Crippen molar-refractivity contribution in [1.82, 2.24) is 15.1 Å². The summed E-state index contributed by atoms with van der Waals surface area (Å²) in [6.45, 7) is 6.06. The number of carbonyl (C=O) groups is 2. The molecule has 0 radical (unpaired) electrons. The number of alkyl carbamates (subject to hydrolysis) is 1. The number of carbonyl (C=O) groups excluding carboxylic acids is 2. The summed E-state index contributed by atoms with van der Waals surface area (Å²) < 4.78 is 18.7. The molecule has 0 aliphatic carbocycles. The number of piperazine rings is 1. The van der Waals surface area contributed by atoms with Gasteiger partial charge in [-0.15, -0.1) is 11.3 Å². The number of nitrogens with one attached hydrogen (secondary N) is 1. The van der Waals surface area contributed by atoms with Crippen molar-refractivity contribution in [1.29, 1.82) is 0 Å². The van der Waals surface area contributed by atoms with Crippen molar-refractivity contribution in [2.45, 2.75) is 19.9 Å². The smallest absolute Gasteiger partial charge is 0.407 e. The zero-order valence-electron chi connectivity index (χ0n) is 16.5. The number of ether oxygens (including phenoxy) is 1. The van der Waals surface area contributed by atoms with Crippen LogP contribution in [0.1, 0.15) is 18.2 Å². The second-order valence-corrected chi connectivity index (χ2v) is 7.97. The van der Waals surface area contributed by atoms with Crippen molar-refractivity contribution >= 4 is 23.3 Å². The molecule has 2 aromatic rings. The maximum Gasteiger partial charge on any atom is 0.407 e. The van der Waals surface area contributed by atoms with Gasteiger partial charge in [-0.1, -0.05) is 18.2 Å². The number of thiophene rings is 1. The van der Waals surface area contributed by atoms with Crippen molar-refractivity contribution in [3.05, 3.63) is 47.1 Å². The highest BCUT2D eigenvalue weighted by molar-refractivity contribution is 7.15. The van der Waals surface area contributed by atoms with Crippen LogP contribution in [0.3, 0.4) is 0 Å². The Labute approximate surface area is 174 Å². The lowest BCUT2D eigenvalue weighted by atomic mass is 10.2. The highest BCUT2D eigenvalue weighted by Gasteiger charge is 2.21. The average Bonchev–Trinajstić information content (AvgIpc) is 3.17. The third-order valence-corrected chi connectivity index (χ3v) is 5.89. The molecule has 0 saturated carbocycles. The predicted octanol–water partition coefficient (Wildman–Crippen LogP) is 3.33. The fourth-order valence-corrected chi connectivity index (χ4v) is 4.33. The van der Waals surface area contributed by atoms with E-state index in [4.69, 9.17) is 4.74 Å². The summed E-state index contributed by atoms with van der Waals surface area (Å²) in [6.07, 6.45) is -0.216. The fourth-order valence-electron chi connectivity index (χ4n) is 3.26. The number of hydrogen-bond acceptors (Lipinski definition) is 5. The van der Waals surface area contributed by atoms with Crippen LogP contribution in [0.2, 0.25) is 0 Å². The van der Waals surface area contributed by atoms with Gasteiger partial charge in [-0.2, -0.15) is 0 Å². The van der Waals surface area contributed by atoms with Crippen LogP contribution in [-0.2, 0) is 16.1 Å². The van der Waals surface area contributed by atoms with Crippen LogP contribution >= 0.6 is 11.3 Å². The highest BCUT2D eigenvalue weighted by Crippen LogP contribution is 2.30. The molecule has 1 aliphatic heterocycles. The lowest BCUT2D eigenvalue weighted by molar-refractivity contribution is -0.132. The summed E-state index contributed by atoms with van der Waals surface area (Å²) in [4.78, 5) is 29.8. The van der Waals surface area contributed by atoms with Crippen LogP contribution in [0, 0.1) is 5.82 Å². The molecule has 0 atom stereocenters. The molecule has 1 aromatic carbocycles. The number of amides is 2. The molecular formula is C21H26FN3O3S. The topological polar surface area (TPSA) is 61.9 Å². The first-order valence-corrected chi connectivity index (χ1v) is 10.6. The summed E-state index contributed by atoms with van der Waals surface area (Å²) in [7, 11) is 0. The van der Waals surface area contributed by atoms with Gasteiger partial charge in [0.2, 0.25) is 5.91 Å². The summed E-state index contributed by atoms with van der Waals surface area (Å²) >= 11 is 1.60. The Kier molecular flexibility index (Phi) is 7.60. The van der Waals surface area contributed by atoms with Gasteiger partial charge in [0.15, 0.2) is 0 Å². The Balaban J connectivity index is 1.43. The highest BCUT2D eigenvalue weighted by atomic mass is 32.1. The minimum Gasteiger partial charge on any atom is -0.450 e. The molecule has 156 valence electrons. The molecule has 1 saturated heterocycles. The maximum absolute atomic E-state index is 14.0. The molecule has 2 heterocycles. The number of benzene rings is 1. The van der Waals surface area contributed by atoms with Gasteiger partial charge in [-0.25, -0.2) is 9.18 Å². The monoisotopic (exact) mass is 419 g/mol. The summed E-state index contributed by atoms with van der Waals surface area (Å²) in [5, 5.41) is 2.57. The second-order valence-electron chi connectivity index (χ2n) is 6.80. The van der Waals surface area contributed by atoms with Gasteiger partial charge in [0.25, 0.3) is 0 Å². The van der Waals surface area contributed by atoms with E-state index >= 15 is 0 Å². The second kappa shape index (κ2) is 10.4. The summed E-state index contributed by atoms with van der Waals surface area (Å²) in [5.74, 6) is -0.162. The zero-order valence-corrected chi connectivity index (χ0v) is 17.3. The Bertz CT molecular complexity index is 834. The van der Waals surface area contributed by atoms with Crippen LogP contribution in [0.4, 0.5) is 9.18 Å². The van der Waals surface area contributed by atoms with Crippen LogP contribution in [0.5, 0.6) is 0 Å². The van der Waals surface area contributed by atoms with E-state index in [-0.39, 0.29) is 24.7 Å². The average molecular weight is 420 g/mol. The van der Waals surface area contributed by atoms with Crippen molar-refractivity contribution in [2.75, 3.05) is 39.3 Å². The molecule has 29 heavy (non-hydrogen) atoms. The molecule has 6 nitrogen and oxygen atoms in total. The SMILES string of the molecule is CCOC(=O)NCCC(=O)N1CCN(Cc2ccc(-c3ccccc3F)s2)CC1. The van der Waals surface area contributed by atoms with Gasteiger partial charge in [0.1, 0.15) is 5.82 Å². The number of rotatable bonds is 7. The molecule has 0 spiro atoms. The van der Waals surface area contributed by atoms with Crippen LogP contribution in [-0.4, -0.2) is 61.1 Å². The van der Waals surface area contributed by atoms with E-state index in [0.29, 0.717) is 25.3 Å². The zero-order chi connectivity index (χ0) is 20.6. The molecule has 8 heteroatoms. The predicted molar refractivity (Wildman–Crippen MR) is 111 cm³/mol. The van der Waals surface area contributed by atoms with Gasteiger partial charge in [-0.3, -0.25) is 9.69 Å². The molecule has 0 bridgehead atoms. The first-order chi connectivity index (χ1) is 14.1. The van der Waals surface area contributed by atoms with Gasteiger partial charge >= 0.3 is 6.09 Å². The molecule has 1 fully saturated rings. The van der Waals surface area contributed by atoms with Crippen molar-refractivity contribution < 1.29 is 18.7 Å². The van der Waals surface area contributed by atoms with E-state index in [9.17, 15) is 14.0 Å². The van der Waals surface area contributed by atoms with E-state index in [0.717, 1.165) is 24.5 Å². The summed E-state index contributed by atoms with van der Waals surface area (Å²) in [5.41, 5.74) is 0.635. The lowest BCUT2D eigenvalue weighted by Crippen LogP contribution is -2.48. The van der Waals surface area contributed by atoms with Gasteiger partial charge < -0.3 is 15.0 Å². The minimum absolute atomic E-state index is 0.0411. The first-order valence-electron chi connectivity index (χ1n) is 9.81. The number of hydrogen-bond donors (Lipinski definition) is 1. The van der Waals surface area contributed by atoms with Crippen LogP contribution < -0.4 is 5.32 Å². The number of nitrogens with zero attached hydrogens (tertiary/aromatic N) is 2. The Hall–Kier alpha value is -2.45. The third kappa shape index (κ3) is 6.01. The van der Waals surface area contributed by atoms with Crippen molar-refractivity contribution in [2.24, 2.45) is 0 Å². The van der Waals surface area contributed by atoms with E-state index in [1.54, 1.807) is 30.4 Å². The van der Waals surface area contributed by atoms with Gasteiger partial charge in [-0.05, 0) is 25.1 Å². The number of halogens is 1. The Morgan fingerprint density at radius 1 is 1.14 bits per heavy atom. The van der Waals surface area contributed by atoms with E-state index in [2.05, 4.69) is 10.2 Å². The molecule has 1 N–H and O–H groups in total.